The molecule has 2 rings (SSSR count). The normalized spacial score (nSPS) is 20.4. The Hall–Kier alpha value is -2.12. The Morgan fingerprint density at radius 3 is 2.31 bits per heavy atom. The van der Waals surface area contributed by atoms with Crippen LogP contribution in [0, 0.1) is 5.92 Å². The van der Waals surface area contributed by atoms with E-state index >= 15 is 0 Å². The monoisotopic (exact) mass is 375 g/mol. The van der Waals surface area contributed by atoms with Gasteiger partial charge in [-0.1, -0.05) is 18.9 Å². The quantitative estimate of drug-likeness (QED) is 0.827. The molecule has 146 valence electrons. The average molecular weight is 375 g/mol. The van der Waals surface area contributed by atoms with Gasteiger partial charge < -0.3 is 19.5 Å². The van der Waals surface area contributed by atoms with Crippen LogP contribution < -0.4 is 19.5 Å². The Bertz CT molecular complexity index is 634. The first-order valence-electron chi connectivity index (χ1n) is 8.45. The molecule has 1 fully saturated rings. The van der Waals surface area contributed by atoms with Gasteiger partial charge in [0.05, 0.1) is 33.7 Å². The molecule has 0 unspecified atom stereocenters. The summed E-state index contributed by atoms with van der Waals surface area (Å²) in [5.74, 6) is -0.855. The number of amides is 1. The smallest absolute Gasteiger partial charge is 0.393 e. The zero-order chi connectivity index (χ0) is 19.3. The molecule has 1 saturated carbocycles. The Balaban J connectivity index is 2.14. The molecule has 1 amide bonds. The predicted octanol–water partition coefficient (Wildman–Crippen LogP) is 3.49. The van der Waals surface area contributed by atoms with Crippen LogP contribution >= 0.6 is 0 Å². The maximum absolute atomic E-state index is 13.2. The minimum atomic E-state index is -4.31. The van der Waals surface area contributed by atoms with Crippen molar-refractivity contribution in [3.8, 4) is 17.2 Å². The fraction of sp³-hybridized carbons (Fsp3) is 0.611. The number of carbonyl (C=O) groups is 1. The second-order valence-electron chi connectivity index (χ2n) is 6.28. The Morgan fingerprint density at radius 2 is 1.73 bits per heavy atom. The SMILES string of the molecule is COc1ccc(CC(=O)N[C@H]2CCCC[C@H]2C(F)(F)F)c(OC)c1OC. The minimum absolute atomic E-state index is 0.0497. The van der Waals surface area contributed by atoms with Gasteiger partial charge in [-0.25, -0.2) is 0 Å². The van der Waals surface area contributed by atoms with Gasteiger partial charge in [0.2, 0.25) is 11.7 Å². The van der Waals surface area contributed by atoms with Crippen LogP contribution in [0.15, 0.2) is 12.1 Å². The second kappa shape index (κ2) is 8.51. The van der Waals surface area contributed by atoms with Crippen molar-refractivity contribution in [2.45, 2.75) is 44.3 Å². The Labute approximate surface area is 150 Å². The number of halogens is 3. The van der Waals surface area contributed by atoms with Gasteiger partial charge in [-0.05, 0) is 18.9 Å². The molecule has 0 aromatic heterocycles. The third-order valence-corrected chi connectivity index (χ3v) is 4.67. The van der Waals surface area contributed by atoms with Gasteiger partial charge in [0.15, 0.2) is 11.5 Å². The molecule has 8 heteroatoms. The third kappa shape index (κ3) is 4.53. The topological polar surface area (TPSA) is 56.8 Å². The number of hydrogen-bond acceptors (Lipinski definition) is 4. The number of nitrogens with one attached hydrogen (secondary N) is 1. The lowest BCUT2D eigenvalue weighted by atomic mass is 9.84. The van der Waals surface area contributed by atoms with E-state index in [0.717, 1.165) is 0 Å². The minimum Gasteiger partial charge on any atom is -0.493 e. The highest BCUT2D eigenvalue weighted by molar-refractivity contribution is 5.80. The first-order valence-corrected chi connectivity index (χ1v) is 8.45. The van der Waals surface area contributed by atoms with Crippen molar-refractivity contribution in [2.75, 3.05) is 21.3 Å². The summed E-state index contributed by atoms with van der Waals surface area (Å²) in [5, 5.41) is 2.55. The summed E-state index contributed by atoms with van der Waals surface area (Å²) in [6.07, 6.45) is -2.83. The second-order valence-corrected chi connectivity index (χ2v) is 6.28. The van der Waals surface area contributed by atoms with E-state index in [2.05, 4.69) is 5.32 Å². The van der Waals surface area contributed by atoms with Crippen molar-refractivity contribution in [2.24, 2.45) is 5.92 Å². The van der Waals surface area contributed by atoms with Crippen LogP contribution in [0.2, 0.25) is 0 Å². The summed E-state index contributed by atoms with van der Waals surface area (Å²) in [5.41, 5.74) is 0.516. The highest BCUT2D eigenvalue weighted by atomic mass is 19.4. The largest absolute Gasteiger partial charge is 0.493 e. The molecule has 5 nitrogen and oxygen atoms in total. The summed E-state index contributed by atoms with van der Waals surface area (Å²) >= 11 is 0. The molecule has 1 aliphatic carbocycles. The van der Waals surface area contributed by atoms with E-state index in [4.69, 9.17) is 14.2 Å². The van der Waals surface area contributed by atoms with Gasteiger partial charge >= 0.3 is 6.18 Å². The van der Waals surface area contributed by atoms with Gasteiger partial charge in [0, 0.05) is 11.6 Å². The number of alkyl halides is 3. The summed E-state index contributed by atoms with van der Waals surface area (Å²) < 4.78 is 55.3. The van der Waals surface area contributed by atoms with Gasteiger partial charge in [-0.2, -0.15) is 13.2 Å². The van der Waals surface area contributed by atoms with Gasteiger partial charge in [0.1, 0.15) is 0 Å². The molecule has 1 aromatic rings. The molecule has 0 bridgehead atoms. The van der Waals surface area contributed by atoms with E-state index in [1.807, 2.05) is 0 Å². The van der Waals surface area contributed by atoms with E-state index in [1.54, 1.807) is 12.1 Å². The van der Waals surface area contributed by atoms with Crippen LogP contribution in [0.3, 0.4) is 0 Å². The van der Waals surface area contributed by atoms with Crippen molar-refractivity contribution in [1.82, 2.24) is 5.32 Å². The lowest BCUT2D eigenvalue weighted by Gasteiger charge is -2.33. The molecule has 0 spiro atoms. The molecule has 0 saturated heterocycles. The highest BCUT2D eigenvalue weighted by Crippen LogP contribution is 2.40. The number of benzene rings is 1. The lowest BCUT2D eigenvalue weighted by Crippen LogP contribution is -2.48. The van der Waals surface area contributed by atoms with Gasteiger partial charge in [0.25, 0.3) is 0 Å². The molecule has 0 heterocycles. The van der Waals surface area contributed by atoms with Crippen LogP contribution in [-0.4, -0.2) is 39.5 Å². The average Bonchev–Trinajstić information content (AvgIpc) is 2.60. The van der Waals surface area contributed by atoms with Crippen molar-refractivity contribution in [3.63, 3.8) is 0 Å². The standard InChI is InChI=1S/C18H24F3NO4/c1-24-14-9-8-11(16(25-2)17(14)26-3)10-15(23)22-13-7-5-4-6-12(13)18(19,20)21/h8-9,12-13H,4-7,10H2,1-3H3,(H,22,23)/t12-,13+/m1/s1. The van der Waals surface area contributed by atoms with Crippen LogP contribution in [0.25, 0.3) is 0 Å². The zero-order valence-electron chi connectivity index (χ0n) is 15.1. The van der Waals surface area contributed by atoms with Gasteiger partial charge in [-0.15, -0.1) is 0 Å². The molecule has 1 N–H and O–H groups in total. The van der Waals surface area contributed by atoms with E-state index in [9.17, 15) is 18.0 Å². The molecule has 26 heavy (non-hydrogen) atoms. The van der Waals surface area contributed by atoms with E-state index < -0.39 is 24.0 Å². The number of hydrogen-bond donors (Lipinski definition) is 1. The van der Waals surface area contributed by atoms with Crippen LogP contribution in [0.1, 0.15) is 31.2 Å². The van der Waals surface area contributed by atoms with Gasteiger partial charge in [-0.3, -0.25) is 4.79 Å². The van der Waals surface area contributed by atoms with E-state index in [-0.39, 0.29) is 12.8 Å². The number of rotatable bonds is 6. The first-order chi connectivity index (χ1) is 12.3. The van der Waals surface area contributed by atoms with Crippen molar-refractivity contribution >= 4 is 5.91 Å². The molecule has 0 aliphatic heterocycles. The van der Waals surface area contributed by atoms with Crippen LogP contribution in [0.4, 0.5) is 13.2 Å². The number of methoxy groups -OCH3 is 3. The maximum Gasteiger partial charge on any atom is 0.393 e. The zero-order valence-corrected chi connectivity index (χ0v) is 15.1. The Morgan fingerprint density at radius 1 is 1.08 bits per heavy atom. The highest BCUT2D eigenvalue weighted by Gasteiger charge is 2.45. The third-order valence-electron chi connectivity index (χ3n) is 4.67. The van der Waals surface area contributed by atoms with Crippen molar-refractivity contribution < 1.29 is 32.2 Å². The summed E-state index contributed by atoms with van der Waals surface area (Å²) in [4.78, 5) is 12.4. The van der Waals surface area contributed by atoms with Crippen molar-refractivity contribution in [3.05, 3.63) is 17.7 Å². The summed E-state index contributed by atoms with van der Waals surface area (Å²) in [6, 6.07) is 2.38. The Kier molecular flexibility index (Phi) is 6.61. The molecular weight excluding hydrogens is 351 g/mol. The predicted molar refractivity (Wildman–Crippen MR) is 89.7 cm³/mol. The lowest BCUT2D eigenvalue weighted by molar-refractivity contribution is -0.189. The molecule has 1 aromatic carbocycles. The fourth-order valence-electron chi connectivity index (χ4n) is 3.43. The van der Waals surface area contributed by atoms with Crippen LogP contribution in [-0.2, 0) is 11.2 Å². The maximum atomic E-state index is 13.2. The van der Waals surface area contributed by atoms with Crippen molar-refractivity contribution in [1.29, 1.82) is 0 Å². The summed E-state index contributed by atoms with van der Waals surface area (Å²) in [6.45, 7) is 0. The first kappa shape index (κ1) is 20.2. The number of carbonyl (C=O) groups excluding carboxylic acids is 1. The molecule has 1 aliphatic rings. The number of ether oxygens (including phenoxy) is 3. The summed E-state index contributed by atoms with van der Waals surface area (Å²) in [7, 11) is 4.35. The molecule has 2 atom stereocenters. The molecule has 0 radical (unpaired) electrons. The fourth-order valence-corrected chi connectivity index (χ4v) is 3.43. The molecular formula is C18H24F3NO4. The van der Waals surface area contributed by atoms with E-state index in [0.29, 0.717) is 42.1 Å². The van der Waals surface area contributed by atoms with E-state index in [1.165, 1.54) is 21.3 Å². The van der Waals surface area contributed by atoms with Crippen LogP contribution in [0.5, 0.6) is 17.2 Å².